The summed E-state index contributed by atoms with van der Waals surface area (Å²) in [5.74, 6) is 0.793. The number of pyridine rings is 2. The van der Waals surface area contributed by atoms with Crippen LogP contribution in [-0.2, 0) is 4.79 Å². The summed E-state index contributed by atoms with van der Waals surface area (Å²) in [6.45, 7) is 1.90. The molecule has 0 aliphatic carbocycles. The molecule has 0 bridgehead atoms. The number of amides is 1. The van der Waals surface area contributed by atoms with Crippen molar-refractivity contribution >= 4 is 39.7 Å². The number of carbonyl (C=O) groups excluding carboxylic acids is 1. The monoisotopic (exact) mass is 471 g/mol. The zero-order valence-corrected chi connectivity index (χ0v) is 20.1. The van der Waals surface area contributed by atoms with E-state index >= 15 is 0 Å². The number of allylic oxidation sites excluding steroid dienone is 1. The van der Waals surface area contributed by atoms with E-state index in [-0.39, 0.29) is 0 Å². The van der Waals surface area contributed by atoms with E-state index in [9.17, 15) is 4.79 Å². The molecule has 4 N–H and O–H groups in total. The largest absolute Gasteiger partial charge is 0.383 e. The molecule has 8 nitrogen and oxygen atoms in total. The number of aromatic amines is 2. The third-order valence-electron chi connectivity index (χ3n) is 6.85. The van der Waals surface area contributed by atoms with Crippen molar-refractivity contribution in [3.05, 3.63) is 42.4 Å². The van der Waals surface area contributed by atoms with Crippen LogP contribution >= 0.6 is 0 Å². The molecule has 0 spiro atoms. The molecule has 8 heteroatoms. The molecular weight excluding hydrogens is 438 g/mol. The van der Waals surface area contributed by atoms with Gasteiger partial charge < -0.3 is 15.6 Å². The summed E-state index contributed by atoms with van der Waals surface area (Å²) in [6, 6.07) is 4.04. The Morgan fingerprint density at radius 3 is 2.83 bits per heavy atom. The van der Waals surface area contributed by atoms with Crippen molar-refractivity contribution in [2.75, 3.05) is 18.8 Å². The number of hydrogen-bond acceptors (Lipinski definition) is 5. The number of fused-ring (bicyclic) bond motifs is 2. The van der Waals surface area contributed by atoms with Crippen molar-refractivity contribution in [3.63, 3.8) is 0 Å². The minimum absolute atomic E-state index is 0.340. The average Bonchev–Trinajstić information content (AvgIpc) is 3.54. The number of rotatable bonds is 9. The van der Waals surface area contributed by atoms with Crippen LogP contribution in [0.1, 0.15) is 63.4 Å². The third kappa shape index (κ3) is 5.21. The van der Waals surface area contributed by atoms with Gasteiger partial charge >= 0.3 is 0 Å². The van der Waals surface area contributed by atoms with Gasteiger partial charge in [0.15, 0.2) is 0 Å². The number of nitrogen functional groups attached to an aromatic ring is 1. The van der Waals surface area contributed by atoms with Crippen LogP contribution in [0.25, 0.3) is 39.3 Å². The Bertz CT molecular complexity index is 1330. The molecule has 1 aliphatic heterocycles. The van der Waals surface area contributed by atoms with Crippen molar-refractivity contribution in [2.24, 2.45) is 0 Å². The van der Waals surface area contributed by atoms with Crippen LogP contribution in [0.2, 0.25) is 0 Å². The number of unbranched alkanes of at least 4 members (excludes halogenated alkanes) is 4. The average molecular weight is 472 g/mol. The molecule has 1 saturated heterocycles. The highest BCUT2D eigenvalue weighted by molar-refractivity contribution is 6.03. The molecule has 0 radical (unpaired) electrons. The number of aromatic nitrogens is 5. The molecule has 1 fully saturated rings. The van der Waals surface area contributed by atoms with Gasteiger partial charge in [-0.15, -0.1) is 0 Å². The normalized spacial score (nSPS) is 14.5. The van der Waals surface area contributed by atoms with Gasteiger partial charge in [-0.05, 0) is 50.7 Å². The van der Waals surface area contributed by atoms with E-state index in [0.717, 1.165) is 96.8 Å². The fourth-order valence-corrected chi connectivity index (χ4v) is 4.88. The standard InChI is InChI=1S/C27H33N7O/c28-26-23-24(32-33-25(23)21-16-19-12-13-29-27(19)31-18-21)20(17-30-26)10-6-3-1-2-4-7-11-22(35)34-14-8-5-9-15-34/h6,10,12-13,16-18H,1-5,7-9,11,14-15H2,(H2,28,30)(H,29,31)(H,32,33)/b10-6+. The van der Waals surface area contributed by atoms with Crippen LogP contribution < -0.4 is 5.73 Å². The van der Waals surface area contributed by atoms with Crippen molar-refractivity contribution < 1.29 is 4.79 Å². The fourth-order valence-electron chi connectivity index (χ4n) is 4.88. The van der Waals surface area contributed by atoms with Crippen LogP contribution in [-0.4, -0.2) is 49.0 Å². The summed E-state index contributed by atoms with van der Waals surface area (Å²) in [4.78, 5) is 26.3. The first-order valence-electron chi connectivity index (χ1n) is 12.7. The van der Waals surface area contributed by atoms with Crippen LogP contribution in [0.3, 0.4) is 0 Å². The predicted molar refractivity (Wildman–Crippen MR) is 141 cm³/mol. The quantitative estimate of drug-likeness (QED) is 0.281. The summed E-state index contributed by atoms with van der Waals surface area (Å²) in [5, 5.41) is 9.54. The molecule has 1 amide bonds. The van der Waals surface area contributed by atoms with E-state index in [4.69, 9.17) is 5.73 Å². The summed E-state index contributed by atoms with van der Waals surface area (Å²) >= 11 is 0. The molecule has 182 valence electrons. The zero-order chi connectivity index (χ0) is 24.0. The summed E-state index contributed by atoms with van der Waals surface area (Å²) in [7, 11) is 0. The van der Waals surface area contributed by atoms with Gasteiger partial charge in [0.25, 0.3) is 0 Å². The van der Waals surface area contributed by atoms with Crippen molar-refractivity contribution in [1.82, 2.24) is 30.0 Å². The Balaban J connectivity index is 1.15. The van der Waals surface area contributed by atoms with E-state index in [2.05, 4.69) is 43.4 Å². The molecule has 0 aromatic carbocycles. The first-order chi connectivity index (χ1) is 17.2. The van der Waals surface area contributed by atoms with Gasteiger partial charge in [-0.1, -0.05) is 25.0 Å². The summed E-state index contributed by atoms with van der Waals surface area (Å²) < 4.78 is 0. The number of nitrogens with one attached hydrogen (secondary N) is 2. The smallest absolute Gasteiger partial charge is 0.222 e. The van der Waals surface area contributed by atoms with Crippen molar-refractivity contribution in [2.45, 2.75) is 57.8 Å². The minimum atomic E-state index is 0.340. The molecular formula is C27H33N7O. The third-order valence-corrected chi connectivity index (χ3v) is 6.85. The molecule has 0 atom stereocenters. The Hall–Kier alpha value is -3.68. The molecule has 5 rings (SSSR count). The summed E-state index contributed by atoms with van der Waals surface area (Å²) in [6.07, 6.45) is 19.3. The first kappa shape index (κ1) is 23.1. The van der Waals surface area contributed by atoms with Crippen molar-refractivity contribution in [1.29, 1.82) is 0 Å². The topological polar surface area (TPSA) is 117 Å². The lowest BCUT2D eigenvalue weighted by Gasteiger charge is -2.26. The Kier molecular flexibility index (Phi) is 7.07. The number of H-pyrrole nitrogens is 2. The maximum absolute atomic E-state index is 12.2. The molecule has 35 heavy (non-hydrogen) atoms. The number of piperidine rings is 1. The van der Waals surface area contributed by atoms with Crippen LogP contribution in [0, 0.1) is 0 Å². The van der Waals surface area contributed by atoms with Crippen LogP contribution in [0.15, 0.2) is 36.8 Å². The Morgan fingerprint density at radius 2 is 1.94 bits per heavy atom. The second-order valence-electron chi connectivity index (χ2n) is 9.36. The van der Waals surface area contributed by atoms with E-state index in [1.54, 1.807) is 12.4 Å². The van der Waals surface area contributed by atoms with E-state index in [0.29, 0.717) is 18.1 Å². The lowest BCUT2D eigenvalue weighted by molar-refractivity contribution is -0.132. The second-order valence-corrected chi connectivity index (χ2v) is 9.36. The van der Waals surface area contributed by atoms with Gasteiger partial charge in [0.05, 0.1) is 10.9 Å². The maximum Gasteiger partial charge on any atom is 0.222 e. The van der Waals surface area contributed by atoms with Gasteiger partial charge in [-0.25, -0.2) is 9.97 Å². The molecule has 4 aromatic heterocycles. The lowest BCUT2D eigenvalue weighted by atomic mass is 10.1. The Morgan fingerprint density at radius 1 is 1.09 bits per heavy atom. The zero-order valence-electron chi connectivity index (χ0n) is 20.1. The number of likely N-dealkylation sites (tertiary alicyclic amines) is 1. The van der Waals surface area contributed by atoms with Gasteiger partial charge in [-0.2, -0.15) is 5.10 Å². The Labute approximate surface area is 205 Å². The molecule has 0 unspecified atom stereocenters. The fraction of sp³-hybridized carbons (Fsp3) is 0.407. The van der Waals surface area contributed by atoms with Gasteiger partial charge in [0.2, 0.25) is 5.91 Å². The number of anilines is 1. The number of hydrogen-bond donors (Lipinski definition) is 3. The SMILES string of the molecule is Nc1ncc(/C=C/CCCCCCC(=O)N2CCCCC2)c2[nH]nc(-c3cnc4[nH]ccc4c3)c12. The molecule has 4 aromatic rings. The van der Waals surface area contributed by atoms with E-state index in [1.807, 2.05) is 17.2 Å². The predicted octanol–water partition coefficient (Wildman–Crippen LogP) is 5.45. The van der Waals surface area contributed by atoms with Gasteiger partial charge in [0, 0.05) is 54.6 Å². The highest BCUT2D eigenvalue weighted by Gasteiger charge is 2.16. The van der Waals surface area contributed by atoms with E-state index in [1.165, 1.54) is 6.42 Å². The number of carbonyl (C=O) groups is 1. The minimum Gasteiger partial charge on any atom is -0.383 e. The lowest BCUT2D eigenvalue weighted by Crippen LogP contribution is -2.35. The second kappa shape index (κ2) is 10.7. The molecule has 1 aliphatic rings. The summed E-state index contributed by atoms with van der Waals surface area (Å²) in [5.41, 5.74) is 10.6. The molecule has 0 saturated carbocycles. The number of nitrogens with two attached hydrogens (primary N) is 1. The van der Waals surface area contributed by atoms with E-state index < -0.39 is 0 Å². The highest BCUT2D eigenvalue weighted by atomic mass is 16.2. The first-order valence-corrected chi connectivity index (χ1v) is 12.7. The van der Waals surface area contributed by atoms with Crippen LogP contribution in [0.4, 0.5) is 5.82 Å². The number of nitrogens with zero attached hydrogens (tertiary/aromatic N) is 4. The van der Waals surface area contributed by atoms with Crippen molar-refractivity contribution in [3.8, 4) is 11.3 Å². The molecule has 5 heterocycles. The van der Waals surface area contributed by atoms with Gasteiger partial charge in [-0.3, -0.25) is 9.89 Å². The van der Waals surface area contributed by atoms with Crippen LogP contribution in [0.5, 0.6) is 0 Å². The highest BCUT2D eigenvalue weighted by Crippen LogP contribution is 2.32. The van der Waals surface area contributed by atoms with Gasteiger partial charge in [0.1, 0.15) is 17.2 Å². The maximum atomic E-state index is 12.2.